The van der Waals surface area contributed by atoms with Gasteiger partial charge < -0.3 is 5.73 Å². The fourth-order valence-electron chi connectivity index (χ4n) is 2.69. The molecule has 1 amide bonds. The average Bonchev–Trinajstić information content (AvgIpc) is 3.24. The average molecular weight is 505 g/mol. The normalized spacial score (nSPS) is 12.5. The molecule has 32 heavy (non-hydrogen) atoms. The van der Waals surface area contributed by atoms with E-state index in [0.717, 1.165) is 23.6 Å². The Kier molecular flexibility index (Phi) is 6.36. The Hall–Kier alpha value is -2.90. The third-order valence-electron chi connectivity index (χ3n) is 4.24. The summed E-state index contributed by atoms with van der Waals surface area (Å²) in [7, 11) is -8.52. The van der Waals surface area contributed by atoms with Gasteiger partial charge in [0.15, 0.2) is 0 Å². The van der Waals surface area contributed by atoms with Crippen molar-refractivity contribution in [3.05, 3.63) is 71.6 Å². The van der Waals surface area contributed by atoms with Crippen LogP contribution in [0.25, 0.3) is 0 Å². The van der Waals surface area contributed by atoms with Gasteiger partial charge in [-0.25, -0.2) is 16.8 Å². The molecule has 170 valence electrons. The molecule has 0 fully saturated rings. The zero-order valence-electron chi connectivity index (χ0n) is 16.0. The number of amides is 1. The number of sulfone groups is 1. The van der Waals surface area contributed by atoms with Gasteiger partial charge in [0.05, 0.1) is 21.0 Å². The molecule has 0 atom stereocenters. The van der Waals surface area contributed by atoms with Crippen molar-refractivity contribution in [3.8, 4) is 0 Å². The van der Waals surface area contributed by atoms with E-state index >= 15 is 0 Å². The minimum absolute atomic E-state index is 0.0431. The molecule has 0 aliphatic heterocycles. The molecule has 2 aromatic carbocycles. The SMILES string of the molecule is NC(=O)CN(c1ccc(C(F)(F)F)cc1)S(=O)(=O)c1cc(S(=O)(=O)c2ccccc2)cs1. The standard InChI is InChI=1S/C19H15F3N2O5S3/c20-19(21,22)13-6-8-14(9-7-13)24(11-17(23)25)32(28,29)18-10-16(12-30-18)31(26,27)15-4-2-1-3-5-15/h1-10,12H,11H2,(H2,23,25). The highest BCUT2D eigenvalue weighted by molar-refractivity contribution is 7.95. The summed E-state index contributed by atoms with van der Waals surface area (Å²) in [6.45, 7) is -0.855. The molecule has 0 radical (unpaired) electrons. The number of nitrogens with zero attached hydrogens (tertiary/aromatic N) is 1. The van der Waals surface area contributed by atoms with E-state index in [1.54, 1.807) is 6.07 Å². The number of hydrogen-bond acceptors (Lipinski definition) is 6. The van der Waals surface area contributed by atoms with Crippen LogP contribution in [-0.4, -0.2) is 29.3 Å². The maximum atomic E-state index is 13.1. The summed E-state index contributed by atoms with van der Waals surface area (Å²) in [5.41, 5.74) is 3.89. The lowest BCUT2D eigenvalue weighted by atomic mass is 10.2. The number of sulfonamides is 1. The Labute approximate surface area is 185 Å². The molecule has 0 unspecified atom stereocenters. The molecule has 1 aromatic heterocycles. The van der Waals surface area contributed by atoms with Crippen molar-refractivity contribution in [3.63, 3.8) is 0 Å². The Bertz CT molecular complexity index is 1330. The van der Waals surface area contributed by atoms with E-state index in [4.69, 9.17) is 5.73 Å². The van der Waals surface area contributed by atoms with E-state index in [1.165, 1.54) is 24.3 Å². The molecule has 2 N–H and O–H groups in total. The van der Waals surface area contributed by atoms with Gasteiger partial charge in [0, 0.05) is 5.38 Å². The molecule has 0 spiro atoms. The largest absolute Gasteiger partial charge is 0.416 e. The van der Waals surface area contributed by atoms with Gasteiger partial charge in [-0.1, -0.05) is 18.2 Å². The number of rotatable bonds is 7. The summed E-state index contributed by atoms with van der Waals surface area (Å²) in [4.78, 5) is 11.2. The number of carbonyl (C=O) groups is 1. The molecule has 7 nitrogen and oxygen atoms in total. The Morgan fingerprint density at radius 2 is 1.53 bits per heavy atom. The van der Waals surface area contributed by atoms with Crippen molar-refractivity contribution in [2.75, 3.05) is 10.8 Å². The highest BCUT2D eigenvalue weighted by atomic mass is 32.2. The quantitative estimate of drug-likeness (QED) is 0.530. The fourth-order valence-corrected chi connectivity index (χ4v) is 7.14. The van der Waals surface area contributed by atoms with Gasteiger partial charge in [-0.15, -0.1) is 11.3 Å². The number of benzene rings is 2. The minimum Gasteiger partial charge on any atom is -0.368 e. The van der Waals surface area contributed by atoms with Crippen molar-refractivity contribution in [1.29, 1.82) is 0 Å². The van der Waals surface area contributed by atoms with Gasteiger partial charge in [0.25, 0.3) is 10.0 Å². The Morgan fingerprint density at radius 1 is 0.938 bits per heavy atom. The van der Waals surface area contributed by atoms with Gasteiger partial charge in [-0.3, -0.25) is 9.10 Å². The lowest BCUT2D eigenvalue weighted by Gasteiger charge is -2.22. The first-order valence-corrected chi connectivity index (χ1v) is 12.5. The van der Waals surface area contributed by atoms with Gasteiger partial charge in [-0.05, 0) is 42.5 Å². The fraction of sp³-hybridized carbons (Fsp3) is 0.105. The van der Waals surface area contributed by atoms with Crippen molar-refractivity contribution < 1.29 is 34.8 Å². The van der Waals surface area contributed by atoms with Crippen LogP contribution < -0.4 is 10.0 Å². The van der Waals surface area contributed by atoms with Gasteiger partial charge in [0.2, 0.25) is 15.7 Å². The number of nitrogens with two attached hydrogens (primary N) is 1. The van der Waals surface area contributed by atoms with Crippen LogP contribution >= 0.6 is 11.3 Å². The molecule has 0 aliphatic rings. The van der Waals surface area contributed by atoms with Crippen molar-refractivity contribution in [2.24, 2.45) is 5.73 Å². The lowest BCUT2D eigenvalue weighted by Crippen LogP contribution is -2.38. The first-order valence-electron chi connectivity index (χ1n) is 8.70. The predicted octanol–water partition coefficient (Wildman–Crippen LogP) is 3.28. The number of alkyl halides is 3. The Balaban J connectivity index is 2.03. The van der Waals surface area contributed by atoms with Gasteiger partial charge >= 0.3 is 6.18 Å². The zero-order valence-corrected chi connectivity index (χ0v) is 18.4. The van der Waals surface area contributed by atoms with E-state index in [-0.39, 0.29) is 15.5 Å². The molecule has 3 aromatic rings. The van der Waals surface area contributed by atoms with Crippen LogP contribution in [0.2, 0.25) is 0 Å². The molecule has 0 bridgehead atoms. The van der Waals surface area contributed by atoms with Crippen LogP contribution in [-0.2, 0) is 30.8 Å². The van der Waals surface area contributed by atoms with Crippen molar-refractivity contribution >= 4 is 42.8 Å². The predicted molar refractivity (Wildman–Crippen MR) is 111 cm³/mol. The first kappa shape index (κ1) is 23.8. The summed E-state index contributed by atoms with van der Waals surface area (Å²) in [5.74, 6) is -1.05. The van der Waals surface area contributed by atoms with Crippen LogP contribution in [0.5, 0.6) is 0 Å². The summed E-state index contributed by atoms with van der Waals surface area (Å²) in [5, 5.41) is 1.13. The second-order valence-corrected chi connectivity index (χ2v) is 11.4. The molecule has 0 aliphatic carbocycles. The number of hydrogen-bond donors (Lipinski definition) is 1. The summed E-state index contributed by atoms with van der Waals surface area (Å²) >= 11 is 0.595. The molecule has 1 heterocycles. The number of anilines is 1. The molecule has 3 rings (SSSR count). The van der Waals surface area contributed by atoms with Gasteiger partial charge in [0.1, 0.15) is 10.8 Å². The maximum absolute atomic E-state index is 13.1. The highest BCUT2D eigenvalue weighted by Crippen LogP contribution is 2.34. The topological polar surface area (TPSA) is 115 Å². The third kappa shape index (κ3) is 4.79. The molecule has 0 saturated carbocycles. The van der Waals surface area contributed by atoms with E-state index in [1.807, 2.05) is 0 Å². The van der Waals surface area contributed by atoms with Crippen LogP contribution in [0.3, 0.4) is 0 Å². The van der Waals surface area contributed by atoms with Crippen LogP contribution in [0, 0.1) is 0 Å². The van der Waals surface area contributed by atoms with Crippen LogP contribution in [0.4, 0.5) is 18.9 Å². The Morgan fingerprint density at radius 3 is 2.06 bits per heavy atom. The van der Waals surface area contributed by atoms with E-state index in [0.29, 0.717) is 27.8 Å². The van der Waals surface area contributed by atoms with Gasteiger partial charge in [-0.2, -0.15) is 13.2 Å². The summed E-state index contributed by atoms with van der Waals surface area (Å²) in [6, 6.07) is 11.4. The van der Waals surface area contributed by atoms with E-state index in [2.05, 4.69) is 0 Å². The monoisotopic (exact) mass is 504 g/mol. The molecular weight excluding hydrogens is 489 g/mol. The molecule has 13 heteroatoms. The maximum Gasteiger partial charge on any atom is 0.416 e. The number of carbonyl (C=O) groups excluding carboxylic acids is 1. The van der Waals surface area contributed by atoms with Crippen LogP contribution in [0.15, 0.2) is 80.0 Å². The molecule has 0 saturated heterocycles. The smallest absolute Gasteiger partial charge is 0.368 e. The number of primary amides is 1. The number of halogens is 3. The lowest BCUT2D eigenvalue weighted by molar-refractivity contribution is -0.137. The third-order valence-corrected chi connectivity index (χ3v) is 9.33. The highest BCUT2D eigenvalue weighted by Gasteiger charge is 2.33. The minimum atomic E-state index is -4.64. The van der Waals surface area contributed by atoms with Crippen LogP contribution in [0.1, 0.15) is 5.56 Å². The summed E-state index contributed by atoms with van der Waals surface area (Å²) < 4.78 is 90.3. The zero-order chi connectivity index (χ0) is 23.7. The first-order chi connectivity index (χ1) is 14.8. The molecular formula is C19H15F3N2O5S3. The second-order valence-electron chi connectivity index (χ2n) is 6.44. The summed E-state index contributed by atoms with van der Waals surface area (Å²) in [6.07, 6.45) is -4.64. The number of thiophene rings is 1. The van der Waals surface area contributed by atoms with E-state index < -0.39 is 48.3 Å². The van der Waals surface area contributed by atoms with Crippen molar-refractivity contribution in [1.82, 2.24) is 0 Å². The van der Waals surface area contributed by atoms with Crippen molar-refractivity contribution in [2.45, 2.75) is 20.2 Å². The second kappa shape index (κ2) is 8.56. The van der Waals surface area contributed by atoms with E-state index in [9.17, 15) is 34.8 Å².